The molecule has 3 rings (SSSR count). The van der Waals surface area contributed by atoms with E-state index in [0.717, 1.165) is 13.2 Å². The topological polar surface area (TPSA) is 38.5 Å². The van der Waals surface area contributed by atoms with E-state index in [1.54, 1.807) is 0 Å². The van der Waals surface area contributed by atoms with Crippen LogP contribution in [-0.2, 0) is 4.74 Å². The molecule has 0 amide bonds. The number of hydrogen-bond acceptors (Lipinski definition) is 3. The molecule has 0 aromatic rings. The fourth-order valence-corrected chi connectivity index (χ4v) is 4.27. The van der Waals surface area contributed by atoms with Crippen molar-refractivity contribution in [1.82, 2.24) is 4.90 Å². The fourth-order valence-electron chi connectivity index (χ4n) is 4.27. The molecule has 1 saturated heterocycles. The Morgan fingerprint density at radius 1 is 0.833 bits per heavy atom. The van der Waals surface area contributed by atoms with Gasteiger partial charge in [0.2, 0.25) is 0 Å². The second-order valence-corrected chi connectivity index (χ2v) is 6.37. The molecule has 104 valence electrons. The molecule has 3 aliphatic rings. The van der Waals surface area contributed by atoms with Gasteiger partial charge < -0.3 is 10.5 Å². The molecular formula is C15H28N2O. The normalized spacial score (nSPS) is 43.2. The summed E-state index contributed by atoms with van der Waals surface area (Å²) in [6, 6.07) is 1.69. The largest absolute Gasteiger partial charge is 0.375 e. The van der Waals surface area contributed by atoms with E-state index in [9.17, 15) is 0 Å². The first-order valence-corrected chi connectivity index (χ1v) is 7.99. The third kappa shape index (κ3) is 2.59. The molecule has 3 fully saturated rings. The summed E-state index contributed by atoms with van der Waals surface area (Å²) < 4.78 is 5.99. The van der Waals surface area contributed by atoms with Crippen LogP contribution in [0, 0.1) is 0 Å². The Morgan fingerprint density at radius 2 is 1.56 bits per heavy atom. The molecule has 1 aliphatic heterocycles. The summed E-state index contributed by atoms with van der Waals surface area (Å²) in [6.45, 7) is 2.03. The van der Waals surface area contributed by atoms with Crippen molar-refractivity contribution in [2.24, 2.45) is 5.73 Å². The van der Waals surface area contributed by atoms with Crippen molar-refractivity contribution in [2.75, 3.05) is 13.2 Å². The zero-order chi connectivity index (χ0) is 12.4. The number of nitrogens with zero attached hydrogens (tertiary/aromatic N) is 1. The first kappa shape index (κ1) is 12.9. The van der Waals surface area contributed by atoms with Gasteiger partial charge in [0.25, 0.3) is 0 Å². The Bertz CT molecular complexity index is 269. The molecule has 0 aromatic heterocycles. The summed E-state index contributed by atoms with van der Waals surface area (Å²) in [7, 11) is 0. The Morgan fingerprint density at radius 3 is 2.50 bits per heavy atom. The van der Waals surface area contributed by atoms with Gasteiger partial charge in [-0.1, -0.05) is 32.1 Å². The van der Waals surface area contributed by atoms with Crippen LogP contribution in [0.2, 0.25) is 0 Å². The van der Waals surface area contributed by atoms with E-state index in [2.05, 4.69) is 4.90 Å². The zero-order valence-corrected chi connectivity index (χ0v) is 11.5. The van der Waals surface area contributed by atoms with Gasteiger partial charge in [-0.25, -0.2) is 0 Å². The van der Waals surface area contributed by atoms with E-state index in [4.69, 9.17) is 10.5 Å². The summed E-state index contributed by atoms with van der Waals surface area (Å²) in [5.41, 5.74) is 6.45. The Balaban J connectivity index is 1.71. The summed E-state index contributed by atoms with van der Waals surface area (Å²) in [6.07, 6.45) is 12.4. The lowest BCUT2D eigenvalue weighted by Crippen LogP contribution is -2.60. The van der Waals surface area contributed by atoms with Crippen LogP contribution in [-0.4, -0.2) is 42.3 Å². The minimum absolute atomic E-state index is 0.396. The Hall–Kier alpha value is -0.120. The lowest BCUT2D eigenvalue weighted by Gasteiger charge is -2.48. The van der Waals surface area contributed by atoms with Gasteiger partial charge in [0.15, 0.2) is 0 Å². The molecule has 4 unspecified atom stereocenters. The number of ether oxygens (including phenoxy) is 1. The van der Waals surface area contributed by atoms with E-state index >= 15 is 0 Å². The maximum Gasteiger partial charge on any atom is 0.0731 e. The van der Waals surface area contributed by atoms with Crippen LogP contribution in [0.4, 0.5) is 0 Å². The van der Waals surface area contributed by atoms with Gasteiger partial charge in [0.1, 0.15) is 0 Å². The highest BCUT2D eigenvalue weighted by atomic mass is 16.5. The summed E-state index contributed by atoms with van der Waals surface area (Å²) in [5, 5.41) is 0. The second-order valence-electron chi connectivity index (χ2n) is 6.37. The molecule has 2 saturated carbocycles. The number of rotatable bonds is 1. The van der Waals surface area contributed by atoms with Crippen molar-refractivity contribution in [3.8, 4) is 0 Å². The van der Waals surface area contributed by atoms with Crippen LogP contribution in [0.3, 0.4) is 0 Å². The first-order valence-electron chi connectivity index (χ1n) is 7.99. The predicted octanol–water partition coefficient (Wildman–Crippen LogP) is 2.29. The molecule has 4 atom stereocenters. The van der Waals surface area contributed by atoms with E-state index in [-0.39, 0.29) is 0 Å². The highest BCUT2D eigenvalue weighted by Gasteiger charge is 2.39. The minimum atomic E-state index is 0.396. The monoisotopic (exact) mass is 252 g/mol. The summed E-state index contributed by atoms with van der Waals surface area (Å²) in [4.78, 5) is 2.74. The van der Waals surface area contributed by atoms with Crippen LogP contribution in [0.1, 0.15) is 57.8 Å². The first-order chi connectivity index (χ1) is 8.86. The molecule has 2 aliphatic carbocycles. The highest BCUT2D eigenvalue weighted by Crippen LogP contribution is 2.32. The van der Waals surface area contributed by atoms with Gasteiger partial charge >= 0.3 is 0 Å². The number of nitrogens with two attached hydrogens (primary N) is 1. The van der Waals surface area contributed by atoms with Gasteiger partial charge in [-0.05, 0) is 25.7 Å². The molecule has 0 radical (unpaired) electrons. The molecule has 1 heterocycles. The lowest BCUT2D eigenvalue weighted by molar-refractivity contribution is -0.106. The Labute approximate surface area is 111 Å². The van der Waals surface area contributed by atoms with Crippen molar-refractivity contribution >= 4 is 0 Å². The Kier molecular flexibility index (Phi) is 4.22. The van der Waals surface area contributed by atoms with E-state index < -0.39 is 0 Å². The van der Waals surface area contributed by atoms with Gasteiger partial charge in [0, 0.05) is 24.7 Å². The van der Waals surface area contributed by atoms with E-state index in [0.29, 0.717) is 24.2 Å². The summed E-state index contributed by atoms with van der Waals surface area (Å²) >= 11 is 0. The smallest absolute Gasteiger partial charge is 0.0731 e. The van der Waals surface area contributed by atoms with Crippen LogP contribution in [0.5, 0.6) is 0 Å². The third-order valence-electron chi connectivity index (χ3n) is 5.23. The van der Waals surface area contributed by atoms with Crippen LogP contribution in [0.15, 0.2) is 0 Å². The van der Waals surface area contributed by atoms with Gasteiger partial charge in [-0.2, -0.15) is 0 Å². The van der Waals surface area contributed by atoms with Gasteiger partial charge in [0.05, 0.1) is 12.7 Å². The number of hydrogen-bond donors (Lipinski definition) is 1. The van der Waals surface area contributed by atoms with Crippen LogP contribution < -0.4 is 5.73 Å². The maximum absolute atomic E-state index is 6.45. The molecule has 3 nitrogen and oxygen atoms in total. The van der Waals surface area contributed by atoms with Gasteiger partial charge in [-0.3, -0.25) is 4.90 Å². The molecule has 0 aromatic carbocycles. The van der Waals surface area contributed by atoms with Crippen molar-refractivity contribution in [1.29, 1.82) is 0 Å². The maximum atomic E-state index is 6.45. The van der Waals surface area contributed by atoms with Crippen LogP contribution >= 0.6 is 0 Å². The predicted molar refractivity (Wildman–Crippen MR) is 73.6 cm³/mol. The SMILES string of the molecule is NC1CCCCCC1N1CCOC2CCCCC21. The fraction of sp³-hybridized carbons (Fsp3) is 1.00. The second kappa shape index (κ2) is 5.89. The average molecular weight is 252 g/mol. The van der Waals surface area contributed by atoms with E-state index in [1.165, 1.54) is 57.8 Å². The van der Waals surface area contributed by atoms with Crippen molar-refractivity contribution in [3.05, 3.63) is 0 Å². The third-order valence-corrected chi connectivity index (χ3v) is 5.23. The number of fused-ring (bicyclic) bond motifs is 1. The summed E-state index contributed by atoms with van der Waals surface area (Å²) in [5.74, 6) is 0. The highest BCUT2D eigenvalue weighted by molar-refractivity contribution is 4.94. The minimum Gasteiger partial charge on any atom is -0.375 e. The average Bonchev–Trinajstić information content (AvgIpc) is 2.63. The van der Waals surface area contributed by atoms with Crippen molar-refractivity contribution in [2.45, 2.75) is 82.0 Å². The van der Waals surface area contributed by atoms with Gasteiger partial charge in [-0.15, -0.1) is 0 Å². The van der Waals surface area contributed by atoms with Crippen molar-refractivity contribution < 1.29 is 4.74 Å². The van der Waals surface area contributed by atoms with Crippen LogP contribution in [0.25, 0.3) is 0 Å². The zero-order valence-electron chi connectivity index (χ0n) is 11.5. The standard InChI is InChI=1S/C15H28N2O/c16-12-6-2-1-3-7-13(12)17-10-11-18-15-9-5-4-8-14(15)17/h12-15H,1-11,16H2. The molecule has 3 heteroatoms. The molecule has 2 N–H and O–H groups in total. The molecule has 18 heavy (non-hydrogen) atoms. The van der Waals surface area contributed by atoms with Crippen molar-refractivity contribution in [3.63, 3.8) is 0 Å². The van der Waals surface area contributed by atoms with E-state index in [1.807, 2.05) is 0 Å². The molecule has 0 bridgehead atoms. The quantitative estimate of drug-likeness (QED) is 0.728. The number of morpholine rings is 1. The lowest BCUT2D eigenvalue weighted by atomic mass is 9.87. The molecular weight excluding hydrogens is 224 g/mol. The molecule has 0 spiro atoms.